The lowest BCUT2D eigenvalue weighted by atomic mass is 10.2. The summed E-state index contributed by atoms with van der Waals surface area (Å²) in [6.45, 7) is 2.42. The van der Waals surface area contributed by atoms with Crippen LogP contribution in [0.15, 0.2) is 46.9 Å². The molecule has 3 aromatic rings. The van der Waals surface area contributed by atoms with E-state index in [1.165, 1.54) is 0 Å². The Bertz CT molecular complexity index is 1080. The quantitative estimate of drug-likeness (QED) is 0.444. The molecule has 0 fully saturated rings. The topological polar surface area (TPSA) is 118 Å². The van der Waals surface area contributed by atoms with E-state index < -0.39 is 0 Å². The zero-order chi connectivity index (χ0) is 22.4. The molecule has 0 bridgehead atoms. The fraction of sp³-hybridized carbons (Fsp3) is 0.238. The number of methoxy groups -OCH3 is 1. The monoisotopic (exact) mass is 485 g/mol. The number of nitrogen functional groups attached to an aromatic ring is 1. The van der Waals surface area contributed by atoms with Crippen molar-refractivity contribution >= 4 is 45.1 Å². The minimum Gasteiger partial charge on any atom is -0.495 e. The number of benzene rings is 2. The van der Waals surface area contributed by atoms with Gasteiger partial charge in [-0.3, -0.25) is 9.69 Å². The number of halogens is 1. The van der Waals surface area contributed by atoms with Gasteiger partial charge in [-0.25, -0.2) is 0 Å². The summed E-state index contributed by atoms with van der Waals surface area (Å²) in [4.78, 5) is 26.9. The average molecular weight is 486 g/mol. The highest BCUT2D eigenvalue weighted by Gasteiger charge is 2.13. The molecule has 4 N–H and O–H groups in total. The first-order valence-electron chi connectivity index (χ1n) is 9.49. The molecule has 0 saturated carbocycles. The summed E-state index contributed by atoms with van der Waals surface area (Å²) < 4.78 is 6.29. The second kappa shape index (κ2) is 10.2. The molecule has 9 nitrogen and oxygen atoms in total. The molecular formula is C21H24BrN7O2. The summed E-state index contributed by atoms with van der Waals surface area (Å²) >= 11 is 3.42. The molecule has 3 rings (SSSR count). The van der Waals surface area contributed by atoms with Crippen molar-refractivity contribution in [2.45, 2.75) is 13.5 Å². The van der Waals surface area contributed by atoms with Crippen LogP contribution in [0.4, 0.5) is 23.3 Å². The first kappa shape index (κ1) is 22.4. The molecule has 0 aliphatic rings. The van der Waals surface area contributed by atoms with E-state index in [2.05, 4.69) is 41.5 Å². The highest BCUT2D eigenvalue weighted by Crippen LogP contribution is 2.25. The third kappa shape index (κ3) is 6.37. The summed E-state index contributed by atoms with van der Waals surface area (Å²) in [6, 6.07) is 13.1. The molecule has 0 aliphatic heterocycles. The molecule has 0 spiro atoms. The third-order valence-corrected chi connectivity index (χ3v) is 4.83. The van der Waals surface area contributed by atoms with Gasteiger partial charge < -0.3 is 21.1 Å². The van der Waals surface area contributed by atoms with Crippen LogP contribution in [0.25, 0.3) is 0 Å². The van der Waals surface area contributed by atoms with Crippen molar-refractivity contribution in [3.05, 3.63) is 58.3 Å². The van der Waals surface area contributed by atoms with Gasteiger partial charge >= 0.3 is 0 Å². The van der Waals surface area contributed by atoms with Crippen LogP contribution in [0.1, 0.15) is 11.4 Å². The van der Waals surface area contributed by atoms with Gasteiger partial charge in [-0.2, -0.15) is 15.0 Å². The number of hydrogen-bond donors (Lipinski definition) is 3. The number of aryl methyl sites for hydroxylation is 1. The van der Waals surface area contributed by atoms with E-state index in [-0.39, 0.29) is 18.4 Å². The highest BCUT2D eigenvalue weighted by molar-refractivity contribution is 9.10. The summed E-state index contributed by atoms with van der Waals surface area (Å²) in [5, 5.41) is 6.01. The molecule has 1 heterocycles. The number of amides is 1. The maximum Gasteiger partial charge on any atom is 0.238 e. The van der Waals surface area contributed by atoms with Gasteiger partial charge in [0.1, 0.15) is 11.6 Å². The highest BCUT2D eigenvalue weighted by atomic mass is 79.9. The molecule has 1 aromatic heterocycles. The average Bonchev–Trinajstić information content (AvgIpc) is 2.70. The van der Waals surface area contributed by atoms with Crippen molar-refractivity contribution in [1.82, 2.24) is 19.9 Å². The SMILES string of the molecule is COc1ccccc1Nc1nc(N)nc(CN(C)CC(=O)Nc2ccc(Br)cc2C)n1. The predicted octanol–water partition coefficient (Wildman–Crippen LogP) is 3.35. The van der Waals surface area contributed by atoms with Crippen LogP contribution in [0.5, 0.6) is 5.75 Å². The molecule has 1 amide bonds. The molecule has 31 heavy (non-hydrogen) atoms. The van der Waals surface area contributed by atoms with Crippen molar-refractivity contribution < 1.29 is 9.53 Å². The molecule has 0 aliphatic carbocycles. The Morgan fingerprint density at radius 1 is 1.16 bits per heavy atom. The number of nitrogens with one attached hydrogen (secondary N) is 2. The first-order valence-corrected chi connectivity index (χ1v) is 10.3. The Hall–Kier alpha value is -3.24. The normalized spacial score (nSPS) is 10.7. The molecule has 0 unspecified atom stereocenters. The maximum atomic E-state index is 12.4. The van der Waals surface area contributed by atoms with Gasteiger partial charge in [0.25, 0.3) is 0 Å². The predicted molar refractivity (Wildman–Crippen MR) is 124 cm³/mol. The largest absolute Gasteiger partial charge is 0.495 e. The molecule has 0 radical (unpaired) electrons. The summed E-state index contributed by atoms with van der Waals surface area (Å²) in [5.41, 5.74) is 8.31. The zero-order valence-corrected chi connectivity index (χ0v) is 19.1. The lowest BCUT2D eigenvalue weighted by molar-refractivity contribution is -0.117. The van der Waals surface area contributed by atoms with Crippen molar-refractivity contribution in [3.63, 3.8) is 0 Å². The molecular weight excluding hydrogens is 462 g/mol. The Morgan fingerprint density at radius 3 is 2.68 bits per heavy atom. The van der Waals surface area contributed by atoms with Gasteiger partial charge in [-0.05, 0) is 49.9 Å². The smallest absolute Gasteiger partial charge is 0.238 e. The number of rotatable bonds is 8. The van der Waals surface area contributed by atoms with E-state index in [1.807, 2.05) is 49.4 Å². The summed E-state index contributed by atoms with van der Waals surface area (Å²) in [5.74, 6) is 1.35. The van der Waals surface area contributed by atoms with Crippen LogP contribution < -0.4 is 21.1 Å². The van der Waals surface area contributed by atoms with Crippen LogP contribution in [-0.4, -0.2) is 46.5 Å². The fourth-order valence-electron chi connectivity index (χ4n) is 2.93. The second-order valence-corrected chi connectivity index (χ2v) is 7.85. The van der Waals surface area contributed by atoms with Gasteiger partial charge in [0.2, 0.25) is 17.8 Å². The van der Waals surface area contributed by atoms with E-state index in [9.17, 15) is 4.79 Å². The molecule has 2 aromatic carbocycles. The minimum atomic E-state index is -0.137. The van der Waals surface area contributed by atoms with Crippen LogP contribution >= 0.6 is 15.9 Å². The standard InChI is InChI=1S/C21H24BrN7O2/c1-13-10-14(22)8-9-15(13)24-19(30)12-29(2)11-18-26-20(23)28-21(27-18)25-16-6-4-5-7-17(16)31-3/h4-10H,11-12H2,1-3H3,(H,24,30)(H3,23,25,26,27,28). The van der Waals surface area contributed by atoms with Gasteiger partial charge in [0.05, 0.1) is 25.9 Å². The third-order valence-electron chi connectivity index (χ3n) is 4.34. The number of carbonyl (C=O) groups is 1. The number of carbonyl (C=O) groups excluding carboxylic acids is 1. The van der Waals surface area contributed by atoms with E-state index in [1.54, 1.807) is 19.1 Å². The number of aromatic nitrogens is 3. The Kier molecular flexibility index (Phi) is 7.37. The van der Waals surface area contributed by atoms with Gasteiger partial charge in [-0.15, -0.1) is 0 Å². The van der Waals surface area contributed by atoms with Gasteiger partial charge in [0, 0.05) is 10.2 Å². The number of ether oxygens (including phenoxy) is 1. The number of nitrogens with zero attached hydrogens (tertiary/aromatic N) is 4. The van der Waals surface area contributed by atoms with Crippen molar-refractivity contribution in [1.29, 1.82) is 0 Å². The Labute approximate surface area is 189 Å². The summed E-state index contributed by atoms with van der Waals surface area (Å²) in [6.07, 6.45) is 0. The van der Waals surface area contributed by atoms with Crippen molar-refractivity contribution in [2.75, 3.05) is 37.1 Å². The van der Waals surface area contributed by atoms with E-state index in [4.69, 9.17) is 10.5 Å². The van der Waals surface area contributed by atoms with Crippen molar-refractivity contribution in [2.24, 2.45) is 0 Å². The lowest BCUT2D eigenvalue weighted by Gasteiger charge is -2.17. The minimum absolute atomic E-state index is 0.0886. The molecule has 162 valence electrons. The van der Waals surface area contributed by atoms with E-state index in [0.717, 1.165) is 15.7 Å². The fourth-order valence-corrected chi connectivity index (χ4v) is 3.41. The van der Waals surface area contributed by atoms with Crippen LogP contribution in [-0.2, 0) is 11.3 Å². The van der Waals surface area contributed by atoms with E-state index in [0.29, 0.717) is 29.8 Å². The van der Waals surface area contributed by atoms with Crippen LogP contribution in [0.2, 0.25) is 0 Å². The number of hydrogen-bond acceptors (Lipinski definition) is 8. The zero-order valence-electron chi connectivity index (χ0n) is 17.5. The van der Waals surface area contributed by atoms with Gasteiger partial charge in [0.15, 0.2) is 0 Å². The number of para-hydroxylation sites is 2. The Morgan fingerprint density at radius 2 is 1.94 bits per heavy atom. The van der Waals surface area contributed by atoms with Crippen LogP contribution in [0.3, 0.4) is 0 Å². The Balaban J connectivity index is 1.64. The molecule has 0 saturated heterocycles. The molecule has 10 heteroatoms. The lowest BCUT2D eigenvalue weighted by Crippen LogP contribution is -2.30. The maximum absolute atomic E-state index is 12.4. The molecule has 0 atom stereocenters. The first-order chi connectivity index (χ1) is 14.8. The van der Waals surface area contributed by atoms with Crippen LogP contribution in [0, 0.1) is 6.92 Å². The second-order valence-electron chi connectivity index (χ2n) is 6.94. The van der Waals surface area contributed by atoms with E-state index >= 15 is 0 Å². The summed E-state index contributed by atoms with van der Waals surface area (Å²) in [7, 11) is 3.39. The number of likely N-dealkylation sites (N-methyl/N-ethyl adjacent to an activating group) is 1. The number of anilines is 4. The number of nitrogens with two attached hydrogens (primary N) is 1. The van der Waals surface area contributed by atoms with Gasteiger partial charge in [-0.1, -0.05) is 28.1 Å². The van der Waals surface area contributed by atoms with Crippen molar-refractivity contribution in [3.8, 4) is 5.75 Å².